The van der Waals surface area contributed by atoms with Crippen molar-refractivity contribution in [1.82, 2.24) is 14.8 Å². The van der Waals surface area contributed by atoms with Crippen molar-refractivity contribution in [2.75, 3.05) is 0 Å². The van der Waals surface area contributed by atoms with Crippen LogP contribution in [-0.4, -0.2) is 14.8 Å². The van der Waals surface area contributed by atoms with Gasteiger partial charge in [0.2, 0.25) is 5.28 Å². The lowest BCUT2D eigenvalue weighted by Crippen LogP contribution is -1.99. The Morgan fingerprint density at radius 2 is 2.00 bits per heavy atom. The van der Waals surface area contributed by atoms with Gasteiger partial charge in [-0.2, -0.15) is 0 Å². The van der Waals surface area contributed by atoms with E-state index >= 15 is 0 Å². The molecular formula is C12H14ClN3. The van der Waals surface area contributed by atoms with Gasteiger partial charge in [0.1, 0.15) is 0 Å². The molecule has 0 saturated carbocycles. The summed E-state index contributed by atoms with van der Waals surface area (Å²) in [6.07, 6.45) is 1.01. The van der Waals surface area contributed by atoms with Gasteiger partial charge in [0.25, 0.3) is 0 Å². The van der Waals surface area contributed by atoms with Gasteiger partial charge >= 0.3 is 0 Å². The number of nitrogens with zero attached hydrogens (tertiary/aromatic N) is 3. The maximum Gasteiger partial charge on any atom is 0.225 e. The third-order valence-corrected chi connectivity index (χ3v) is 2.88. The molecule has 1 aromatic carbocycles. The average Bonchev–Trinajstić information content (AvgIpc) is 2.71. The Balaban J connectivity index is 2.40. The van der Waals surface area contributed by atoms with E-state index in [-0.39, 0.29) is 0 Å². The summed E-state index contributed by atoms with van der Waals surface area (Å²) in [4.78, 5) is 4.28. The molecule has 0 amide bonds. The largest absolute Gasteiger partial charge is 0.225 e. The molecule has 0 N–H and O–H groups in total. The zero-order valence-electron chi connectivity index (χ0n) is 9.39. The number of benzene rings is 1. The fraction of sp³-hybridized carbons (Fsp3) is 0.333. The summed E-state index contributed by atoms with van der Waals surface area (Å²) in [5.74, 6) is 1.14. The Kier molecular flexibility index (Phi) is 3.25. The number of rotatable bonds is 3. The minimum atomic E-state index is 0.336. The van der Waals surface area contributed by atoms with E-state index in [4.69, 9.17) is 11.6 Å². The minimum Gasteiger partial charge on any atom is -0.203 e. The first-order valence-corrected chi connectivity index (χ1v) is 5.78. The van der Waals surface area contributed by atoms with Crippen LogP contribution in [0.25, 0.3) is 5.69 Å². The first-order chi connectivity index (χ1) is 7.72. The first-order valence-electron chi connectivity index (χ1n) is 5.40. The van der Waals surface area contributed by atoms with Crippen LogP contribution in [0.1, 0.15) is 32.0 Å². The van der Waals surface area contributed by atoms with E-state index in [0.29, 0.717) is 11.2 Å². The van der Waals surface area contributed by atoms with Gasteiger partial charge in [-0.05, 0) is 30.2 Å². The molecule has 0 aliphatic carbocycles. The molecule has 2 aromatic rings. The number of halogens is 1. The molecule has 84 valence electrons. The van der Waals surface area contributed by atoms with E-state index in [2.05, 4.69) is 23.9 Å². The van der Waals surface area contributed by atoms with E-state index in [1.807, 2.05) is 30.3 Å². The van der Waals surface area contributed by atoms with Crippen LogP contribution in [0, 0.1) is 0 Å². The van der Waals surface area contributed by atoms with Gasteiger partial charge in [0.05, 0.1) is 5.69 Å². The van der Waals surface area contributed by atoms with Crippen molar-refractivity contribution in [3.05, 3.63) is 41.4 Å². The standard InChI is InChI=1S/C12H14ClN3/c1-3-9(2)11-14-12(13)16(15-11)10-7-5-4-6-8-10/h4-9H,3H2,1-2H3/t9-/m1/s1. The molecule has 0 spiro atoms. The van der Waals surface area contributed by atoms with Crippen LogP contribution in [0.4, 0.5) is 0 Å². The van der Waals surface area contributed by atoms with Crippen molar-refractivity contribution in [2.45, 2.75) is 26.2 Å². The van der Waals surface area contributed by atoms with Crippen molar-refractivity contribution >= 4 is 11.6 Å². The van der Waals surface area contributed by atoms with Gasteiger partial charge in [0.15, 0.2) is 5.82 Å². The molecule has 1 atom stereocenters. The Hall–Kier alpha value is -1.35. The minimum absolute atomic E-state index is 0.336. The van der Waals surface area contributed by atoms with Crippen LogP contribution in [0.5, 0.6) is 0 Å². The lowest BCUT2D eigenvalue weighted by atomic mass is 10.1. The van der Waals surface area contributed by atoms with Crippen molar-refractivity contribution in [3.8, 4) is 5.69 Å². The fourth-order valence-corrected chi connectivity index (χ4v) is 1.65. The summed E-state index contributed by atoms with van der Waals surface area (Å²) in [7, 11) is 0. The second kappa shape index (κ2) is 4.66. The molecule has 0 radical (unpaired) electrons. The first kappa shape index (κ1) is 11.1. The fourth-order valence-electron chi connectivity index (χ4n) is 1.43. The highest BCUT2D eigenvalue weighted by Crippen LogP contribution is 2.19. The molecule has 16 heavy (non-hydrogen) atoms. The van der Waals surface area contributed by atoms with Crippen LogP contribution < -0.4 is 0 Å². The van der Waals surface area contributed by atoms with E-state index in [1.54, 1.807) is 4.68 Å². The zero-order valence-corrected chi connectivity index (χ0v) is 10.1. The quantitative estimate of drug-likeness (QED) is 0.816. The van der Waals surface area contributed by atoms with Crippen molar-refractivity contribution in [2.24, 2.45) is 0 Å². The Bertz CT molecular complexity index is 464. The van der Waals surface area contributed by atoms with Gasteiger partial charge < -0.3 is 0 Å². The van der Waals surface area contributed by atoms with Crippen LogP contribution in [-0.2, 0) is 0 Å². The van der Waals surface area contributed by atoms with Crippen LogP contribution in [0.3, 0.4) is 0 Å². The van der Waals surface area contributed by atoms with Gasteiger partial charge in [-0.3, -0.25) is 0 Å². The highest BCUT2D eigenvalue weighted by molar-refractivity contribution is 6.28. The summed E-state index contributed by atoms with van der Waals surface area (Å²) < 4.78 is 1.67. The number of hydrogen-bond acceptors (Lipinski definition) is 2. The highest BCUT2D eigenvalue weighted by Gasteiger charge is 2.13. The molecule has 0 aliphatic rings. The van der Waals surface area contributed by atoms with Gasteiger partial charge in [-0.15, -0.1) is 5.10 Å². The molecule has 2 rings (SSSR count). The van der Waals surface area contributed by atoms with Gasteiger partial charge in [0, 0.05) is 5.92 Å². The molecule has 0 aliphatic heterocycles. The van der Waals surface area contributed by atoms with Crippen LogP contribution in [0.15, 0.2) is 30.3 Å². The van der Waals surface area contributed by atoms with E-state index < -0.39 is 0 Å². The van der Waals surface area contributed by atoms with Crippen molar-refractivity contribution in [1.29, 1.82) is 0 Å². The smallest absolute Gasteiger partial charge is 0.203 e. The number of para-hydroxylation sites is 1. The normalized spacial score (nSPS) is 12.7. The second-order valence-corrected chi connectivity index (χ2v) is 4.13. The van der Waals surface area contributed by atoms with Crippen LogP contribution in [0.2, 0.25) is 5.28 Å². The summed E-state index contributed by atoms with van der Waals surface area (Å²) >= 11 is 6.07. The topological polar surface area (TPSA) is 30.7 Å². The van der Waals surface area contributed by atoms with E-state index in [1.165, 1.54) is 0 Å². The van der Waals surface area contributed by atoms with Crippen molar-refractivity contribution in [3.63, 3.8) is 0 Å². The molecule has 0 bridgehead atoms. The molecule has 0 unspecified atom stereocenters. The second-order valence-electron chi connectivity index (χ2n) is 3.80. The molecule has 1 heterocycles. The number of aromatic nitrogens is 3. The summed E-state index contributed by atoms with van der Waals surface area (Å²) in [5, 5.41) is 4.84. The predicted octanol–water partition coefficient (Wildman–Crippen LogP) is 3.43. The third-order valence-electron chi connectivity index (χ3n) is 2.64. The molecular weight excluding hydrogens is 222 g/mol. The maximum atomic E-state index is 6.07. The number of hydrogen-bond donors (Lipinski definition) is 0. The monoisotopic (exact) mass is 235 g/mol. The molecule has 0 fully saturated rings. The summed E-state index contributed by atoms with van der Waals surface area (Å²) in [6, 6.07) is 9.79. The SMILES string of the molecule is CC[C@@H](C)c1nc(Cl)n(-c2ccccc2)n1. The zero-order chi connectivity index (χ0) is 11.5. The predicted molar refractivity (Wildman–Crippen MR) is 65.1 cm³/mol. The van der Waals surface area contributed by atoms with E-state index in [0.717, 1.165) is 17.9 Å². The highest BCUT2D eigenvalue weighted by atomic mass is 35.5. The lowest BCUT2D eigenvalue weighted by Gasteiger charge is -2.02. The molecule has 3 nitrogen and oxygen atoms in total. The maximum absolute atomic E-state index is 6.07. The third kappa shape index (κ3) is 2.09. The lowest BCUT2D eigenvalue weighted by molar-refractivity contribution is 0.672. The van der Waals surface area contributed by atoms with Gasteiger partial charge in [-0.25, -0.2) is 9.67 Å². The molecule has 0 saturated heterocycles. The molecule has 1 aromatic heterocycles. The van der Waals surface area contributed by atoms with Gasteiger partial charge in [-0.1, -0.05) is 32.0 Å². The Morgan fingerprint density at radius 1 is 1.31 bits per heavy atom. The van der Waals surface area contributed by atoms with E-state index in [9.17, 15) is 0 Å². The average molecular weight is 236 g/mol. The Labute approximate surface area is 100 Å². The Morgan fingerprint density at radius 3 is 2.62 bits per heavy atom. The van der Waals surface area contributed by atoms with Crippen molar-refractivity contribution < 1.29 is 0 Å². The summed E-state index contributed by atoms with van der Waals surface area (Å²) in [5.41, 5.74) is 0.939. The summed E-state index contributed by atoms with van der Waals surface area (Å²) in [6.45, 7) is 4.21. The van der Waals surface area contributed by atoms with Crippen LogP contribution >= 0.6 is 11.6 Å². The molecule has 4 heteroatoms.